The average molecular weight is 634 g/mol. The lowest BCUT2D eigenvalue weighted by atomic mass is 9.66. The van der Waals surface area contributed by atoms with Crippen LogP contribution in [-0.2, 0) is 15.0 Å². The summed E-state index contributed by atoms with van der Waals surface area (Å²) in [6.07, 6.45) is 8.94. The Labute approximate surface area is 269 Å². The molecule has 0 spiro atoms. The molecule has 10 heteroatoms. The molecule has 0 heterocycles. The second-order valence-corrected chi connectivity index (χ2v) is 11.7. The molecule has 2 aromatic carbocycles. The van der Waals surface area contributed by atoms with E-state index in [9.17, 15) is 24.5 Å². The van der Waals surface area contributed by atoms with Crippen LogP contribution in [0, 0.1) is 10.1 Å². The Morgan fingerprint density at radius 3 is 1.87 bits per heavy atom. The molecule has 0 unspecified atom stereocenters. The minimum atomic E-state index is -1.25. The Morgan fingerprint density at radius 1 is 0.761 bits per heavy atom. The number of fused-ring (bicyclic) bond motifs is 3. The molecule has 246 valence electrons. The van der Waals surface area contributed by atoms with Crippen LogP contribution in [0.25, 0.3) is 5.57 Å². The van der Waals surface area contributed by atoms with Crippen molar-refractivity contribution in [2.75, 3.05) is 28.4 Å². The van der Waals surface area contributed by atoms with Gasteiger partial charge in [0.2, 0.25) is 5.78 Å². The Morgan fingerprint density at radius 2 is 1.30 bits per heavy atom. The van der Waals surface area contributed by atoms with E-state index in [2.05, 4.69) is 13.8 Å². The summed E-state index contributed by atoms with van der Waals surface area (Å²) in [6.45, 7) is 4.20. The first-order valence-corrected chi connectivity index (χ1v) is 15.9. The molecule has 1 atom stereocenters. The number of rotatable bonds is 17. The van der Waals surface area contributed by atoms with Gasteiger partial charge in [0.15, 0.2) is 28.8 Å². The van der Waals surface area contributed by atoms with Crippen molar-refractivity contribution in [2.24, 2.45) is 0 Å². The molecule has 0 fully saturated rings. The van der Waals surface area contributed by atoms with E-state index in [0.29, 0.717) is 70.1 Å². The zero-order valence-electron chi connectivity index (χ0n) is 27.6. The van der Waals surface area contributed by atoms with Gasteiger partial charge in [-0.3, -0.25) is 24.5 Å². The van der Waals surface area contributed by atoms with Gasteiger partial charge < -0.3 is 18.9 Å². The number of Topliss-reactive ketones (excluding diaryl/α,β-unsaturated/α-hetero) is 2. The van der Waals surface area contributed by atoms with Gasteiger partial charge in [0.25, 0.3) is 0 Å². The Hall–Kier alpha value is -4.47. The summed E-state index contributed by atoms with van der Waals surface area (Å²) in [6, 6.07) is 6.77. The number of ketones is 3. The lowest BCUT2D eigenvalue weighted by Gasteiger charge is -2.36. The van der Waals surface area contributed by atoms with E-state index in [-0.39, 0.29) is 17.8 Å². The maximum atomic E-state index is 14.2. The zero-order valence-corrected chi connectivity index (χ0v) is 27.6. The van der Waals surface area contributed by atoms with Crippen LogP contribution in [0.4, 0.5) is 0 Å². The number of methoxy groups -OCH3 is 4. The van der Waals surface area contributed by atoms with Crippen molar-refractivity contribution in [1.29, 1.82) is 0 Å². The molecule has 0 bridgehead atoms. The fourth-order valence-corrected chi connectivity index (χ4v) is 6.81. The second kappa shape index (κ2) is 14.7. The van der Waals surface area contributed by atoms with Crippen molar-refractivity contribution >= 4 is 22.9 Å². The molecule has 0 amide bonds. The van der Waals surface area contributed by atoms with Crippen molar-refractivity contribution in [2.45, 2.75) is 83.5 Å². The van der Waals surface area contributed by atoms with Crippen molar-refractivity contribution in [3.8, 4) is 23.0 Å². The highest BCUT2D eigenvalue weighted by Gasteiger charge is 2.55. The number of ether oxygens (including phenoxy) is 4. The third-order valence-electron chi connectivity index (χ3n) is 9.06. The molecule has 46 heavy (non-hydrogen) atoms. The van der Waals surface area contributed by atoms with E-state index in [1.807, 2.05) is 0 Å². The number of unbranched alkanes of at least 4 members (excludes halogenated alkanes) is 6. The van der Waals surface area contributed by atoms with Crippen LogP contribution in [0.1, 0.15) is 105 Å². The molecule has 0 radical (unpaired) electrons. The minimum absolute atomic E-state index is 0.0529. The summed E-state index contributed by atoms with van der Waals surface area (Å²) in [5, 5.41) is 12.5. The molecule has 4 rings (SSSR count). The third kappa shape index (κ3) is 6.04. The highest BCUT2D eigenvalue weighted by Crippen LogP contribution is 2.61. The van der Waals surface area contributed by atoms with Crippen LogP contribution < -0.4 is 18.9 Å². The first-order chi connectivity index (χ1) is 22.1. The van der Waals surface area contributed by atoms with Crippen molar-refractivity contribution in [3.63, 3.8) is 0 Å². The van der Waals surface area contributed by atoms with Crippen molar-refractivity contribution in [1.82, 2.24) is 0 Å². The van der Waals surface area contributed by atoms with Crippen LogP contribution in [0.15, 0.2) is 41.6 Å². The number of nitro groups is 1. The van der Waals surface area contributed by atoms with E-state index in [1.165, 1.54) is 34.5 Å². The molecule has 2 aliphatic rings. The summed E-state index contributed by atoms with van der Waals surface area (Å²) >= 11 is 0. The van der Waals surface area contributed by atoms with Crippen LogP contribution in [-0.4, -0.2) is 50.7 Å². The normalized spacial score (nSPS) is 17.0. The van der Waals surface area contributed by atoms with E-state index in [1.54, 1.807) is 24.3 Å². The molecule has 2 aromatic rings. The monoisotopic (exact) mass is 633 g/mol. The van der Waals surface area contributed by atoms with Gasteiger partial charge in [-0.15, -0.1) is 0 Å². The molecule has 2 aliphatic carbocycles. The summed E-state index contributed by atoms with van der Waals surface area (Å²) in [5.41, 5.74) is 0.180. The van der Waals surface area contributed by atoms with E-state index < -0.39 is 27.6 Å². The Kier molecular flexibility index (Phi) is 11.0. The molecule has 0 saturated carbocycles. The summed E-state index contributed by atoms with van der Waals surface area (Å²) in [5.74, 6) is -0.892. The van der Waals surface area contributed by atoms with Crippen LogP contribution in [0.2, 0.25) is 0 Å². The molecule has 10 nitrogen and oxygen atoms in total. The SMILES string of the molecule is CCCCCCC(=O)c1cc(OC)c(OC)cc1[C@]1(CCCCCC)C2=CC(=O)C(=O)C([N+](=O)[O-])=C2c2cc(OC)c(OC)cc21. The molecule has 0 aromatic heterocycles. The van der Waals surface area contributed by atoms with Crippen LogP contribution in [0.5, 0.6) is 23.0 Å². The maximum absolute atomic E-state index is 14.2. The second-order valence-electron chi connectivity index (χ2n) is 11.7. The highest BCUT2D eigenvalue weighted by atomic mass is 16.6. The van der Waals surface area contributed by atoms with Gasteiger partial charge in [0.05, 0.1) is 38.9 Å². The smallest absolute Gasteiger partial charge is 0.328 e. The van der Waals surface area contributed by atoms with E-state index in [0.717, 1.165) is 38.5 Å². The van der Waals surface area contributed by atoms with Crippen LogP contribution >= 0.6 is 0 Å². The van der Waals surface area contributed by atoms with Crippen molar-refractivity contribution < 1.29 is 38.3 Å². The Bertz CT molecular complexity index is 1600. The predicted octanol–water partition coefficient (Wildman–Crippen LogP) is 7.21. The van der Waals surface area contributed by atoms with Gasteiger partial charge in [-0.1, -0.05) is 58.8 Å². The number of carbonyl (C=O) groups excluding carboxylic acids is 3. The number of nitrogens with zero attached hydrogens (tertiary/aromatic N) is 1. The first-order valence-electron chi connectivity index (χ1n) is 15.9. The number of hydrogen-bond acceptors (Lipinski definition) is 9. The highest BCUT2D eigenvalue weighted by molar-refractivity contribution is 6.50. The van der Waals surface area contributed by atoms with Gasteiger partial charge >= 0.3 is 11.5 Å². The van der Waals surface area contributed by atoms with Gasteiger partial charge in [0.1, 0.15) is 0 Å². The average Bonchev–Trinajstić information content (AvgIpc) is 3.31. The topological polar surface area (TPSA) is 131 Å². The standard InChI is InChI=1S/C36H43NO9/c1-7-9-11-13-15-27(38)22-17-29(43-3)31(45-5)20-24(22)36(16-14-12-10-8-2)25-21-32(46-6)30(44-4)18-23(25)33-26(36)19-28(39)35(40)34(33)37(41)42/h17-21H,7-16H2,1-6H3/t36-/m0/s1. The molecular formula is C36H43NO9. The van der Waals surface area contributed by atoms with Gasteiger partial charge in [0, 0.05) is 17.4 Å². The van der Waals surface area contributed by atoms with Crippen LogP contribution in [0.3, 0.4) is 0 Å². The number of benzene rings is 2. The fraction of sp³-hybridized carbons (Fsp3) is 0.472. The largest absolute Gasteiger partial charge is 0.493 e. The minimum Gasteiger partial charge on any atom is -0.493 e. The summed E-state index contributed by atoms with van der Waals surface area (Å²) in [4.78, 5) is 52.3. The van der Waals surface area contributed by atoms with Gasteiger partial charge in [-0.05, 0) is 65.4 Å². The zero-order chi connectivity index (χ0) is 33.6. The van der Waals surface area contributed by atoms with E-state index in [4.69, 9.17) is 18.9 Å². The third-order valence-corrected chi connectivity index (χ3v) is 9.06. The lowest BCUT2D eigenvalue weighted by Crippen LogP contribution is -2.33. The summed E-state index contributed by atoms with van der Waals surface area (Å²) < 4.78 is 22.6. The fourth-order valence-electron chi connectivity index (χ4n) is 6.81. The molecule has 0 saturated heterocycles. The number of carbonyl (C=O) groups is 3. The van der Waals surface area contributed by atoms with Gasteiger partial charge in [-0.25, -0.2) is 0 Å². The summed E-state index contributed by atoms with van der Waals surface area (Å²) in [7, 11) is 5.94. The number of hydrogen-bond donors (Lipinski definition) is 0. The van der Waals surface area contributed by atoms with E-state index >= 15 is 0 Å². The lowest BCUT2D eigenvalue weighted by molar-refractivity contribution is -0.417. The molecule has 0 N–H and O–H groups in total. The predicted molar refractivity (Wildman–Crippen MR) is 174 cm³/mol. The maximum Gasteiger partial charge on any atom is 0.328 e. The molecule has 0 aliphatic heterocycles. The van der Waals surface area contributed by atoms with Gasteiger partial charge in [-0.2, -0.15) is 0 Å². The first kappa shape index (κ1) is 34.4. The quantitative estimate of drug-likeness (QED) is 0.0443. The number of allylic oxidation sites excluding steroid dienone is 4. The van der Waals surface area contributed by atoms with Crippen molar-refractivity contribution in [3.05, 3.63) is 74.0 Å². The Balaban J connectivity index is 2.17. The molecular weight excluding hydrogens is 590 g/mol.